The number of hydrogen-bond donors (Lipinski definition) is 0. The van der Waals surface area contributed by atoms with Crippen LogP contribution in [-0.2, 0) is 0 Å². The minimum absolute atomic E-state index is 0.0236. The molecule has 21 heavy (non-hydrogen) atoms. The highest BCUT2D eigenvalue weighted by molar-refractivity contribution is 9.11. The van der Waals surface area contributed by atoms with Crippen LogP contribution in [0.3, 0.4) is 0 Å². The third-order valence-electron chi connectivity index (χ3n) is 3.06. The zero-order chi connectivity index (χ0) is 15.4. The topological polar surface area (TPSA) is 26.3 Å². The summed E-state index contributed by atoms with van der Waals surface area (Å²) in [4.78, 5) is 12.7. The lowest BCUT2D eigenvalue weighted by molar-refractivity contribution is 0.103. The number of rotatable bonds is 5. The van der Waals surface area contributed by atoms with Crippen molar-refractivity contribution in [2.24, 2.45) is 0 Å². The van der Waals surface area contributed by atoms with E-state index in [4.69, 9.17) is 4.74 Å². The number of hydrogen-bond acceptors (Lipinski definition) is 2. The van der Waals surface area contributed by atoms with Crippen LogP contribution >= 0.6 is 31.9 Å². The van der Waals surface area contributed by atoms with E-state index in [2.05, 4.69) is 38.8 Å². The van der Waals surface area contributed by atoms with E-state index in [-0.39, 0.29) is 5.78 Å². The van der Waals surface area contributed by atoms with Gasteiger partial charge in [0.25, 0.3) is 0 Å². The first kappa shape index (κ1) is 16.2. The van der Waals surface area contributed by atoms with Gasteiger partial charge in [-0.3, -0.25) is 4.79 Å². The molecule has 0 saturated carbocycles. The number of halogens is 2. The highest BCUT2D eigenvalue weighted by Gasteiger charge is 2.15. The number of ketones is 1. The summed E-state index contributed by atoms with van der Waals surface area (Å²) in [6.45, 7) is 4.69. The number of carbonyl (C=O) groups excluding carboxylic acids is 1. The smallest absolute Gasteiger partial charge is 0.194 e. The fourth-order valence-electron chi connectivity index (χ4n) is 1.92. The van der Waals surface area contributed by atoms with Crippen molar-refractivity contribution >= 4 is 37.6 Å². The Labute approximate surface area is 141 Å². The predicted octanol–water partition coefficient (Wildman–Crippen LogP) is 5.54. The number of ether oxygens (including phenoxy) is 1. The molecular weight excluding hydrogens is 396 g/mol. The summed E-state index contributed by atoms with van der Waals surface area (Å²) in [7, 11) is 0. The first-order valence-electron chi connectivity index (χ1n) is 6.76. The molecule has 0 atom stereocenters. The van der Waals surface area contributed by atoms with Gasteiger partial charge in [-0.2, -0.15) is 0 Å². The lowest BCUT2D eigenvalue weighted by Crippen LogP contribution is -2.04. The van der Waals surface area contributed by atoms with Crippen LogP contribution in [0, 0.1) is 6.92 Å². The van der Waals surface area contributed by atoms with Crippen molar-refractivity contribution in [2.75, 3.05) is 6.61 Å². The Kier molecular flexibility index (Phi) is 5.59. The summed E-state index contributed by atoms with van der Waals surface area (Å²) in [5.74, 6) is 0.703. The molecule has 2 aromatic carbocycles. The lowest BCUT2D eigenvalue weighted by Gasteiger charge is -2.09. The van der Waals surface area contributed by atoms with Crippen molar-refractivity contribution in [2.45, 2.75) is 20.3 Å². The molecule has 0 unspecified atom stereocenters. The van der Waals surface area contributed by atoms with Gasteiger partial charge in [-0.15, -0.1) is 0 Å². The van der Waals surface area contributed by atoms with Crippen LogP contribution in [0.4, 0.5) is 0 Å². The van der Waals surface area contributed by atoms with E-state index in [1.807, 2.05) is 31.2 Å². The van der Waals surface area contributed by atoms with Gasteiger partial charge in [0.1, 0.15) is 5.75 Å². The molecule has 0 saturated heterocycles. The molecule has 0 heterocycles. The Bertz CT molecular complexity index is 666. The van der Waals surface area contributed by atoms with Crippen molar-refractivity contribution in [1.82, 2.24) is 0 Å². The van der Waals surface area contributed by atoms with Gasteiger partial charge in [-0.1, -0.05) is 50.9 Å². The average Bonchev–Trinajstić information content (AvgIpc) is 2.48. The fraction of sp³-hybridized carbons (Fsp3) is 0.235. The van der Waals surface area contributed by atoms with Crippen LogP contribution in [0.15, 0.2) is 45.3 Å². The summed E-state index contributed by atoms with van der Waals surface area (Å²) in [6.07, 6.45) is 0.939. The molecule has 0 spiro atoms. The van der Waals surface area contributed by atoms with Gasteiger partial charge in [0.2, 0.25) is 0 Å². The summed E-state index contributed by atoms with van der Waals surface area (Å²) in [5.41, 5.74) is 2.35. The van der Waals surface area contributed by atoms with Gasteiger partial charge in [0, 0.05) is 20.1 Å². The Balaban J connectivity index is 2.34. The van der Waals surface area contributed by atoms with Crippen LogP contribution in [0.25, 0.3) is 0 Å². The fourth-order valence-corrected chi connectivity index (χ4v) is 2.90. The Morgan fingerprint density at radius 3 is 2.62 bits per heavy atom. The van der Waals surface area contributed by atoms with Crippen molar-refractivity contribution in [3.63, 3.8) is 0 Å². The normalized spacial score (nSPS) is 10.5. The van der Waals surface area contributed by atoms with Gasteiger partial charge >= 0.3 is 0 Å². The van der Waals surface area contributed by atoms with E-state index in [0.717, 1.165) is 26.7 Å². The molecule has 0 aliphatic carbocycles. The van der Waals surface area contributed by atoms with E-state index in [1.165, 1.54) is 0 Å². The van der Waals surface area contributed by atoms with Gasteiger partial charge < -0.3 is 4.74 Å². The molecule has 0 amide bonds. The molecule has 110 valence electrons. The highest BCUT2D eigenvalue weighted by atomic mass is 79.9. The second-order valence-electron chi connectivity index (χ2n) is 4.79. The minimum Gasteiger partial charge on any atom is -0.494 e. The molecule has 2 nitrogen and oxygen atoms in total. The molecule has 0 radical (unpaired) electrons. The Morgan fingerprint density at radius 1 is 1.14 bits per heavy atom. The second-order valence-corrected chi connectivity index (χ2v) is 6.50. The number of carbonyl (C=O) groups is 1. The quantitative estimate of drug-likeness (QED) is 0.603. The average molecular weight is 412 g/mol. The van der Waals surface area contributed by atoms with E-state index < -0.39 is 0 Å². The monoisotopic (exact) mass is 410 g/mol. The second kappa shape index (κ2) is 7.23. The lowest BCUT2D eigenvalue weighted by atomic mass is 10.0. The van der Waals surface area contributed by atoms with Crippen molar-refractivity contribution in [3.8, 4) is 5.75 Å². The maximum absolute atomic E-state index is 12.7. The molecule has 0 aliphatic heterocycles. The van der Waals surface area contributed by atoms with Crippen LogP contribution in [-0.4, -0.2) is 12.4 Å². The van der Waals surface area contributed by atoms with Crippen LogP contribution in [0.2, 0.25) is 0 Å². The molecule has 0 fully saturated rings. The van der Waals surface area contributed by atoms with Gasteiger partial charge in [0.15, 0.2) is 5.78 Å². The van der Waals surface area contributed by atoms with E-state index in [1.54, 1.807) is 12.1 Å². The highest BCUT2D eigenvalue weighted by Crippen LogP contribution is 2.28. The van der Waals surface area contributed by atoms with E-state index >= 15 is 0 Å². The minimum atomic E-state index is -0.0236. The van der Waals surface area contributed by atoms with Crippen LogP contribution in [0.1, 0.15) is 34.8 Å². The standard InChI is InChI=1S/C17H16Br2O2/c1-3-7-21-13-6-4-5-12(9-13)17(20)14-10-15(18)11(2)8-16(14)19/h4-6,8-10H,3,7H2,1-2H3. The number of benzene rings is 2. The van der Waals surface area contributed by atoms with Gasteiger partial charge in [-0.25, -0.2) is 0 Å². The zero-order valence-corrected chi connectivity index (χ0v) is 15.1. The first-order chi connectivity index (χ1) is 10.0. The zero-order valence-electron chi connectivity index (χ0n) is 12.0. The van der Waals surface area contributed by atoms with Gasteiger partial charge in [-0.05, 0) is 43.2 Å². The molecule has 2 rings (SSSR count). The Hall–Kier alpha value is -1.13. The molecule has 0 aliphatic rings. The van der Waals surface area contributed by atoms with Crippen molar-refractivity contribution in [3.05, 3.63) is 62.0 Å². The SMILES string of the molecule is CCCOc1cccc(C(=O)c2cc(Br)c(C)cc2Br)c1. The maximum atomic E-state index is 12.7. The third-order valence-corrected chi connectivity index (χ3v) is 4.57. The van der Waals surface area contributed by atoms with Crippen molar-refractivity contribution in [1.29, 1.82) is 0 Å². The van der Waals surface area contributed by atoms with Crippen LogP contribution in [0.5, 0.6) is 5.75 Å². The van der Waals surface area contributed by atoms with E-state index in [0.29, 0.717) is 17.7 Å². The summed E-state index contributed by atoms with van der Waals surface area (Å²) < 4.78 is 7.30. The molecule has 0 bridgehead atoms. The number of aryl methyl sites for hydroxylation is 1. The van der Waals surface area contributed by atoms with Gasteiger partial charge in [0.05, 0.1) is 6.61 Å². The first-order valence-corrected chi connectivity index (χ1v) is 8.34. The summed E-state index contributed by atoms with van der Waals surface area (Å²) in [5, 5.41) is 0. The van der Waals surface area contributed by atoms with E-state index in [9.17, 15) is 4.79 Å². The summed E-state index contributed by atoms with van der Waals surface area (Å²) >= 11 is 6.94. The third kappa shape index (κ3) is 3.95. The summed E-state index contributed by atoms with van der Waals surface area (Å²) in [6, 6.07) is 11.1. The predicted molar refractivity (Wildman–Crippen MR) is 92.2 cm³/mol. The largest absolute Gasteiger partial charge is 0.494 e. The molecule has 0 N–H and O–H groups in total. The maximum Gasteiger partial charge on any atom is 0.194 e. The van der Waals surface area contributed by atoms with Crippen LogP contribution < -0.4 is 4.74 Å². The molecule has 4 heteroatoms. The molecular formula is C17H16Br2O2. The molecule has 2 aromatic rings. The van der Waals surface area contributed by atoms with Crippen molar-refractivity contribution < 1.29 is 9.53 Å². The Morgan fingerprint density at radius 2 is 1.90 bits per heavy atom. The molecule has 0 aromatic heterocycles.